The van der Waals surface area contributed by atoms with Crippen molar-refractivity contribution < 1.29 is 17.9 Å². The minimum Gasteiger partial charge on any atom is -0.487 e. The molecule has 2 aliphatic heterocycles. The SMILES string of the molecule is CC1(C)Cc2cc(NC(=O)c3cnn4cccnc34)c(N3CCC(S(N)(=O)=O)C3)cc2O1. The molecule has 0 spiro atoms. The summed E-state index contributed by atoms with van der Waals surface area (Å²) in [6.45, 7) is 4.76. The number of hydrogen-bond donors (Lipinski definition) is 2. The molecule has 168 valence electrons. The van der Waals surface area contributed by atoms with Gasteiger partial charge >= 0.3 is 0 Å². The van der Waals surface area contributed by atoms with Crippen LogP contribution < -0.4 is 20.1 Å². The summed E-state index contributed by atoms with van der Waals surface area (Å²) >= 11 is 0. The zero-order valence-corrected chi connectivity index (χ0v) is 18.6. The van der Waals surface area contributed by atoms with Gasteiger partial charge < -0.3 is 15.0 Å². The van der Waals surface area contributed by atoms with Gasteiger partial charge in [0.05, 0.1) is 22.8 Å². The predicted octanol–water partition coefficient (Wildman–Crippen LogP) is 1.56. The number of primary sulfonamides is 1. The molecule has 0 radical (unpaired) electrons. The molecule has 32 heavy (non-hydrogen) atoms. The van der Waals surface area contributed by atoms with Crippen molar-refractivity contribution >= 4 is 33.0 Å². The molecule has 3 N–H and O–H groups in total. The Morgan fingerprint density at radius 3 is 2.91 bits per heavy atom. The number of nitrogens with zero attached hydrogens (tertiary/aromatic N) is 4. The maximum Gasteiger partial charge on any atom is 0.261 e. The fourth-order valence-corrected chi connectivity index (χ4v) is 5.22. The van der Waals surface area contributed by atoms with Gasteiger partial charge in [-0.2, -0.15) is 5.10 Å². The van der Waals surface area contributed by atoms with E-state index in [0.29, 0.717) is 42.0 Å². The summed E-state index contributed by atoms with van der Waals surface area (Å²) in [4.78, 5) is 19.3. The van der Waals surface area contributed by atoms with Crippen molar-refractivity contribution in [1.29, 1.82) is 0 Å². The lowest BCUT2D eigenvalue weighted by atomic mass is 10.0. The molecule has 1 aromatic carbocycles. The smallest absolute Gasteiger partial charge is 0.261 e. The lowest BCUT2D eigenvalue weighted by molar-refractivity contribution is 0.102. The maximum absolute atomic E-state index is 13.1. The van der Waals surface area contributed by atoms with Gasteiger partial charge in [-0.05, 0) is 32.4 Å². The third-order valence-electron chi connectivity index (χ3n) is 5.90. The third kappa shape index (κ3) is 3.67. The zero-order valence-electron chi connectivity index (χ0n) is 17.8. The molecule has 1 unspecified atom stereocenters. The molecule has 0 aliphatic carbocycles. The van der Waals surface area contributed by atoms with E-state index >= 15 is 0 Å². The van der Waals surface area contributed by atoms with Crippen molar-refractivity contribution in [2.75, 3.05) is 23.3 Å². The number of fused-ring (bicyclic) bond motifs is 2. The van der Waals surface area contributed by atoms with Crippen LogP contribution in [0.15, 0.2) is 36.8 Å². The van der Waals surface area contributed by atoms with E-state index in [1.165, 1.54) is 10.7 Å². The fourth-order valence-electron chi connectivity index (χ4n) is 4.39. The van der Waals surface area contributed by atoms with E-state index in [4.69, 9.17) is 9.88 Å². The van der Waals surface area contributed by atoms with Crippen LogP contribution in [0.3, 0.4) is 0 Å². The summed E-state index contributed by atoms with van der Waals surface area (Å²) in [6.07, 6.45) is 5.92. The first-order valence-corrected chi connectivity index (χ1v) is 11.9. The number of ether oxygens (including phenoxy) is 1. The standard InChI is InChI=1S/C21H24N6O4S/c1-21(2)10-13-8-16(25-20(28)15-11-24-27-6-3-5-23-19(15)27)17(9-18(13)31-21)26-7-4-14(12-26)32(22,29)30/h3,5-6,8-9,11,14H,4,7,10,12H2,1-2H3,(H,25,28)(H2,22,29,30). The monoisotopic (exact) mass is 456 g/mol. The van der Waals surface area contributed by atoms with Gasteiger partial charge in [-0.15, -0.1) is 0 Å². The topological polar surface area (TPSA) is 132 Å². The second kappa shape index (κ2) is 7.17. The lowest BCUT2D eigenvalue weighted by Crippen LogP contribution is -2.32. The normalized spacial score (nSPS) is 19.7. The quantitative estimate of drug-likeness (QED) is 0.609. The second-order valence-electron chi connectivity index (χ2n) is 8.86. The summed E-state index contributed by atoms with van der Waals surface area (Å²) in [5.74, 6) is 0.389. The predicted molar refractivity (Wildman–Crippen MR) is 120 cm³/mol. The number of rotatable bonds is 4. The van der Waals surface area contributed by atoms with Crippen molar-refractivity contribution in [3.05, 3.63) is 47.9 Å². The molecule has 4 heterocycles. The number of benzene rings is 1. The van der Waals surface area contributed by atoms with Gasteiger partial charge in [0.2, 0.25) is 10.0 Å². The Hall–Kier alpha value is -3.18. The molecule has 1 atom stereocenters. The van der Waals surface area contributed by atoms with Gasteiger partial charge in [0, 0.05) is 43.5 Å². The number of amides is 1. The third-order valence-corrected chi connectivity index (χ3v) is 7.22. The molecule has 0 bridgehead atoms. The number of carbonyl (C=O) groups is 1. The van der Waals surface area contributed by atoms with Crippen molar-refractivity contribution in [3.63, 3.8) is 0 Å². The highest BCUT2D eigenvalue weighted by atomic mass is 32.2. The Morgan fingerprint density at radius 2 is 2.16 bits per heavy atom. The Bertz CT molecular complexity index is 1330. The highest BCUT2D eigenvalue weighted by Crippen LogP contribution is 2.42. The van der Waals surface area contributed by atoms with Gasteiger partial charge in [-0.3, -0.25) is 4.79 Å². The Labute approximate surface area is 185 Å². The van der Waals surface area contributed by atoms with Crippen LogP contribution in [0.2, 0.25) is 0 Å². The molecule has 2 aromatic heterocycles. The number of nitrogens with two attached hydrogens (primary N) is 1. The highest BCUT2D eigenvalue weighted by Gasteiger charge is 2.35. The average molecular weight is 457 g/mol. The van der Waals surface area contributed by atoms with E-state index in [9.17, 15) is 13.2 Å². The van der Waals surface area contributed by atoms with Crippen molar-refractivity contribution in [2.24, 2.45) is 5.14 Å². The van der Waals surface area contributed by atoms with Crippen LogP contribution in [0.5, 0.6) is 5.75 Å². The van der Waals surface area contributed by atoms with Gasteiger partial charge in [-0.25, -0.2) is 23.1 Å². The minimum absolute atomic E-state index is 0.252. The van der Waals surface area contributed by atoms with Crippen LogP contribution in [0.4, 0.5) is 11.4 Å². The number of anilines is 2. The summed E-state index contributed by atoms with van der Waals surface area (Å²) < 4.78 is 31.3. The summed E-state index contributed by atoms with van der Waals surface area (Å²) in [5, 5.41) is 11.9. The van der Waals surface area contributed by atoms with E-state index in [1.807, 2.05) is 30.9 Å². The van der Waals surface area contributed by atoms with Gasteiger partial charge in [0.1, 0.15) is 16.9 Å². The number of nitrogens with one attached hydrogen (secondary N) is 1. The molecule has 10 nitrogen and oxygen atoms in total. The summed E-state index contributed by atoms with van der Waals surface area (Å²) in [6, 6.07) is 5.51. The molecular weight excluding hydrogens is 432 g/mol. The van der Waals surface area contributed by atoms with Crippen LogP contribution in [0, 0.1) is 0 Å². The molecule has 2 aliphatic rings. The Balaban J connectivity index is 1.51. The molecule has 1 fully saturated rings. The molecule has 1 amide bonds. The Kier molecular flexibility index (Phi) is 4.64. The molecule has 11 heteroatoms. The minimum atomic E-state index is -3.65. The number of carbonyl (C=O) groups excluding carboxylic acids is 1. The average Bonchev–Trinajstić information content (AvgIpc) is 3.42. The number of hydrogen-bond acceptors (Lipinski definition) is 7. The van der Waals surface area contributed by atoms with Crippen molar-refractivity contribution in [1.82, 2.24) is 14.6 Å². The summed E-state index contributed by atoms with van der Waals surface area (Å²) in [7, 11) is -3.65. The molecule has 1 saturated heterocycles. The first kappa shape index (κ1) is 20.7. The first-order chi connectivity index (χ1) is 15.1. The van der Waals surface area contributed by atoms with E-state index < -0.39 is 15.3 Å². The maximum atomic E-state index is 13.1. The van der Waals surface area contributed by atoms with Crippen molar-refractivity contribution in [3.8, 4) is 5.75 Å². The highest BCUT2D eigenvalue weighted by molar-refractivity contribution is 7.89. The van der Waals surface area contributed by atoms with E-state index in [0.717, 1.165) is 11.3 Å². The van der Waals surface area contributed by atoms with Crippen LogP contribution in [0.1, 0.15) is 36.2 Å². The first-order valence-electron chi connectivity index (χ1n) is 10.3. The molecule has 0 saturated carbocycles. The summed E-state index contributed by atoms with van der Waals surface area (Å²) in [5.41, 5.74) is 2.70. The molecule has 5 rings (SSSR count). The number of sulfonamides is 1. The molecular formula is C21H24N6O4S. The lowest BCUT2D eigenvalue weighted by Gasteiger charge is -2.23. The van der Waals surface area contributed by atoms with Crippen LogP contribution in [0.25, 0.3) is 5.65 Å². The van der Waals surface area contributed by atoms with Crippen LogP contribution in [-0.4, -0.2) is 52.9 Å². The van der Waals surface area contributed by atoms with E-state index in [2.05, 4.69) is 15.4 Å². The Morgan fingerprint density at radius 1 is 1.34 bits per heavy atom. The number of aromatic nitrogens is 3. The van der Waals surface area contributed by atoms with Crippen molar-refractivity contribution in [2.45, 2.75) is 37.5 Å². The zero-order chi connectivity index (χ0) is 22.7. The molecule has 3 aromatic rings. The van der Waals surface area contributed by atoms with E-state index in [-0.39, 0.29) is 18.1 Å². The van der Waals surface area contributed by atoms with Gasteiger partial charge in [0.15, 0.2) is 5.65 Å². The largest absolute Gasteiger partial charge is 0.487 e. The van der Waals surface area contributed by atoms with Crippen LogP contribution >= 0.6 is 0 Å². The van der Waals surface area contributed by atoms with Crippen LogP contribution in [-0.2, 0) is 16.4 Å². The van der Waals surface area contributed by atoms with E-state index in [1.54, 1.807) is 18.5 Å². The fraction of sp³-hybridized carbons (Fsp3) is 0.381. The van der Waals surface area contributed by atoms with Gasteiger partial charge in [-0.1, -0.05) is 0 Å². The van der Waals surface area contributed by atoms with Gasteiger partial charge in [0.25, 0.3) is 5.91 Å². The second-order valence-corrected chi connectivity index (χ2v) is 10.7.